The van der Waals surface area contributed by atoms with Crippen LogP contribution < -0.4 is 4.90 Å². The zero-order valence-corrected chi connectivity index (χ0v) is 17.2. The topological polar surface area (TPSA) is 50.8 Å². The van der Waals surface area contributed by atoms with E-state index in [0.717, 1.165) is 32.7 Å². The van der Waals surface area contributed by atoms with E-state index in [9.17, 15) is 4.79 Å². The fraction of sp³-hybridized carbons (Fsp3) is 0.545. The average molecular weight is 371 g/mol. The molecule has 0 unspecified atom stereocenters. The molecule has 2 heterocycles. The number of carbonyl (C=O) groups is 1. The van der Waals surface area contributed by atoms with Gasteiger partial charge in [-0.25, -0.2) is 0 Å². The van der Waals surface area contributed by atoms with Gasteiger partial charge >= 0.3 is 0 Å². The smallest absolute Gasteiger partial charge is 0.259 e. The summed E-state index contributed by atoms with van der Waals surface area (Å²) in [5.41, 5.74) is 4.11. The number of nitrogens with one attached hydrogen (secondary N) is 1. The highest BCUT2D eigenvalue weighted by Gasteiger charge is 2.30. The first-order valence-corrected chi connectivity index (χ1v) is 10.0. The molecule has 0 aliphatic carbocycles. The van der Waals surface area contributed by atoms with Crippen molar-refractivity contribution in [2.45, 2.75) is 53.0 Å². The largest absolute Gasteiger partial charge is 0.360 e. The van der Waals surface area contributed by atoms with Crippen molar-refractivity contribution in [2.75, 3.05) is 26.2 Å². The van der Waals surface area contributed by atoms with Gasteiger partial charge in [0.1, 0.15) is 12.1 Å². The maximum atomic E-state index is 13.0. The maximum Gasteiger partial charge on any atom is 0.259 e. The summed E-state index contributed by atoms with van der Waals surface area (Å²) in [6, 6.07) is 8.97. The number of piperazine rings is 1. The van der Waals surface area contributed by atoms with Gasteiger partial charge in [0.25, 0.3) is 5.91 Å². The molecule has 0 atom stereocenters. The number of quaternary nitrogens is 1. The Hall–Kier alpha value is -2.14. The minimum absolute atomic E-state index is 0.0674. The van der Waals surface area contributed by atoms with Crippen LogP contribution in [0, 0.1) is 6.92 Å². The van der Waals surface area contributed by atoms with Gasteiger partial charge in [0.15, 0.2) is 5.76 Å². The number of benzene rings is 1. The maximum absolute atomic E-state index is 13.0. The molecule has 0 spiro atoms. The molecule has 27 heavy (non-hydrogen) atoms. The van der Waals surface area contributed by atoms with Gasteiger partial charge in [-0.15, -0.1) is 0 Å². The van der Waals surface area contributed by atoms with E-state index in [1.165, 1.54) is 16.0 Å². The molecule has 5 nitrogen and oxygen atoms in total. The van der Waals surface area contributed by atoms with E-state index in [4.69, 9.17) is 4.52 Å². The third kappa shape index (κ3) is 4.41. The van der Waals surface area contributed by atoms with Crippen LogP contribution in [0.5, 0.6) is 0 Å². The van der Waals surface area contributed by atoms with Gasteiger partial charge in [-0.1, -0.05) is 57.1 Å². The van der Waals surface area contributed by atoms with Gasteiger partial charge in [-0.2, -0.15) is 0 Å². The number of nitrogens with zero attached hydrogens (tertiary/aromatic N) is 2. The molecule has 0 radical (unpaired) electrons. The summed E-state index contributed by atoms with van der Waals surface area (Å²) in [7, 11) is 0. The summed E-state index contributed by atoms with van der Waals surface area (Å²) in [6.45, 7) is 14.9. The Balaban J connectivity index is 1.59. The van der Waals surface area contributed by atoms with Crippen molar-refractivity contribution < 1.29 is 14.2 Å². The number of amides is 1. The van der Waals surface area contributed by atoms with Crippen LogP contribution in [0.15, 0.2) is 28.8 Å². The Bertz CT molecular complexity index is 769. The molecule has 1 aromatic carbocycles. The normalized spacial score (nSPS) is 15.7. The molecule has 0 bridgehead atoms. The van der Waals surface area contributed by atoms with Gasteiger partial charge in [-0.05, 0) is 18.4 Å². The second-order valence-electron chi connectivity index (χ2n) is 8.28. The van der Waals surface area contributed by atoms with E-state index >= 15 is 0 Å². The first kappa shape index (κ1) is 19.6. The molecule has 1 aliphatic heterocycles. The van der Waals surface area contributed by atoms with Crippen LogP contribution >= 0.6 is 0 Å². The standard InChI is InChI=1S/C22H31N3O2/c1-15(2)19-8-6-18(7-9-19)14-24-10-12-25(13-11-24)22(26)20-17(5)23-27-21(20)16(3)4/h6-9,15-16H,10-14H2,1-5H3/p+1. The first-order chi connectivity index (χ1) is 12.9. The van der Waals surface area contributed by atoms with E-state index in [1.807, 2.05) is 25.7 Å². The molecule has 1 saturated heterocycles. The predicted octanol–water partition coefficient (Wildman–Crippen LogP) is 2.77. The number of aromatic nitrogens is 1. The van der Waals surface area contributed by atoms with Crippen molar-refractivity contribution in [3.05, 3.63) is 52.4 Å². The lowest BCUT2D eigenvalue weighted by molar-refractivity contribution is -0.917. The molecule has 3 rings (SSSR count). The van der Waals surface area contributed by atoms with Crippen LogP contribution in [0.4, 0.5) is 0 Å². The van der Waals surface area contributed by atoms with Crippen molar-refractivity contribution in [3.63, 3.8) is 0 Å². The number of hydrogen-bond donors (Lipinski definition) is 1. The van der Waals surface area contributed by atoms with Gasteiger partial charge < -0.3 is 14.3 Å². The van der Waals surface area contributed by atoms with Crippen molar-refractivity contribution in [3.8, 4) is 0 Å². The summed E-state index contributed by atoms with van der Waals surface area (Å²) in [5.74, 6) is 1.50. The number of hydrogen-bond acceptors (Lipinski definition) is 3. The zero-order valence-electron chi connectivity index (χ0n) is 17.2. The Morgan fingerprint density at radius 2 is 1.74 bits per heavy atom. The number of aryl methyl sites for hydroxylation is 1. The van der Waals surface area contributed by atoms with Crippen molar-refractivity contribution in [1.29, 1.82) is 0 Å². The quantitative estimate of drug-likeness (QED) is 0.880. The van der Waals surface area contributed by atoms with E-state index in [1.54, 1.807) is 0 Å². The van der Waals surface area contributed by atoms with Gasteiger partial charge in [-0.3, -0.25) is 4.79 Å². The van der Waals surface area contributed by atoms with Gasteiger partial charge in [0, 0.05) is 11.5 Å². The van der Waals surface area contributed by atoms with E-state index in [0.29, 0.717) is 22.9 Å². The van der Waals surface area contributed by atoms with Crippen molar-refractivity contribution in [2.24, 2.45) is 0 Å². The summed E-state index contributed by atoms with van der Waals surface area (Å²) >= 11 is 0. The Labute approximate surface area is 162 Å². The lowest BCUT2D eigenvalue weighted by Crippen LogP contribution is -3.13. The minimum Gasteiger partial charge on any atom is -0.360 e. The highest BCUT2D eigenvalue weighted by molar-refractivity contribution is 5.96. The highest BCUT2D eigenvalue weighted by Crippen LogP contribution is 2.23. The van der Waals surface area contributed by atoms with E-state index in [2.05, 4.69) is 43.3 Å². The van der Waals surface area contributed by atoms with E-state index in [-0.39, 0.29) is 11.8 Å². The summed E-state index contributed by atoms with van der Waals surface area (Å²) in [6.07, 6.45) is 0. The molecule has 1 N–H and O–H groups in total. The molecule has 2 aromatic rings. The van der Waals surface area contributed by atoms with Crippen LogP contribution in [0.25, 0.3) is 0 Å². The highest BCUT2D eigenvalue weighted by atomic mass is 16.5. The van der Waals surface area contributed by atoms with Gasteiger partial charge in [0.05, 0.1) is 31.9 Å². The van der Waals surface area contributed by atoms with Crippen LogP contribution in [0.3, 0.4) is 0 Å². The molecular weight excluding hydrogens is 338 g/mol. The molecular formula is C22H32N3O2+. The van der Waals surface area contributed by atoms with Crippen LogP contribution in [0.2, 0.25) is 0 Å². The Kier molecular flexibility index (Phi) is 6.00. The zero-order chi connectivity index (χ0) is 19.6. The summed E-state index contributed by atoms with van der Waals surface area (Å²) < 4.78 is 5.39. The third-order valence-electron chi connectivity index (χ3n) is 5.49. The van der Waals surface area contributed by atoms with Crippen LogP contribution in [0.1, 0.15) is 72.5 Å². The predicted molar refractivity (Wildman–Crippen MR) is 106 cm³/mol. The molecule has 5 heteroatoms. The number of carbonyl (C=O) groups excluding carboxylic acids is 1. The molecule has 1 aromatic heterocycles. The van der Waals surface area contributed by atoms with Crippen molar-refractivity contribution >= 4 is 5.91 Å². The minimum atomic E-state index is 0.0674. The molecule has 1 fully saturated rings. The number of rotatable bonds is 5. The van der Waals surface area contributed by atoms with Crippen LogP contribution in [-0.4, -0.2) is 42.1 Å². The summed E-state index contributed by atoms with van der Waals surface area (Å²) in [4.78, 5) is 16.5. The van der Waals surface area contributed by atoms with Crippen LogP contribution in [-0.2, 0) is 6.54 Å². The molecule has 1 aliphatic rings. The second-order valence-corrected chi connectivity index (χ2v) is 8.28. The average Bonchev–Trinajstić information content (AvgIpc) is 3.04. The molecule has 0 saturated carbocycles. The lowest BCUT2D eigenvalue weighted by Gasteiger charge is -2.32. The SMILES string of the molecule is Cc1noc(C(C)C)c1C(=O)N1CC[NH+](Cc2ccc(C(C)C)cc2)CC1. The van der Waals surface area contributed by atoms with Gasteiger partial charge in [0.2, 0.25) is 0 Å². The fourth-order valence-corrected chi connectivity index (χ4v) is 3.71. The Morgan fingerprint density at radius 1 is 1.11 bits per heavy atom. The Morgan fingerprint density at radius 3 is 2.30 bits per heavy atom. The summed E-state index contributed by atoms with van der Waals surface area (Å²) in [5, 5.41) is 4.02. The monoisotopic (exact) mass is 370 g/mol. The first-order valence-electron chi connectivity index (χ1n) is 10.0. The molecule has 146 valence electrons. The van der Waals surface area contributed by atoms with Crippen molar-refractivity contribution in [1.82, 2.24) is 10.1 Å². The fourth-order valence-electron chi connectivity index (χ4n) is 3.71. The second kappa shape index (κ2) is 8.26. The third-order valence-corrected chi connectivity index (χ3v) is 5.49. The lowest BCUT2D eigenvalue weighted by atomic mass is 10.0. The van der Waals surface area contributed by atoms with E-state index < -0.39 is 0 Å². The molecule has 1 amide bonds.